The fourth-order valence-corrected chi connectivity index (χ4v) is 7.19. The van der Waals surface area contributed by atoms with Crippen molar-refractivity contribution in [3.8, 4) is 0 Å². The van der Waals surface area contributed by atoms with Gasteiger partial charge in [-0.25, -0.2) is 13.4 Å². The number of carbonyl (C=O) groups excluding carboxylic acids is 1. The topological polar surface area (TPSA) is 79.4 Å². The van der Waals surface area contributed by atoms with Crippen LogP contribution in [0.4, 0.5) is 5.13 Å². The first kappa shape index (κ1) is 18.9. The lowest BCUT2D eigenvalue weighted by atomic mass is 10.1. The van der Waals surface area contributed by atoms with Crippen molar-refractivity contribution in [1.82, 2.24) is 9.29 Å². The Morgan fingerprint density at radius 1 is 1.14 bits per heavy atom. The number of thiazole rings is 1. The molecule has 29 heavy (non-hydrogen) atoms. The summed E-state index contributed by atoms with van der Waals surface area (Å²) in [5.74, 6) is -0.340. The maximum Gasteiger partial charge on any atom is 0.257 e. The van der Waals surface area contributed by atoms with Gasteiger partial charge >= 0.3 is 0 Å². The van der Waals surface area contributed by atoms with Gasteiger partial charge in [-0.1, -0.05) is 6.07 Å². The van der Waals surface area contributed by atoms with E-state index in [4.69, 9.17) is 0 Å². The van der Waals surface area contributed by atoms with E-state index in [2.05, 4.69) is 10.3 Å². The SMILES string of the molecule is O=C(Nc1nc2c(s1)CCC2)c1cccc(S(=O)(=O)N2CCc3sccc3C2)c1. The molecule has 0 atom stereocenters. The Labute approximate surface area is 177 Å². The molecule has 5 rings (SSSR count). The monoisotopic (exact) mass is 445 g/mol. The van der Waals surface area contributed by atoms with E-state index < -0.39 is 10.0 Å². The lowest BCUT2D eigenvalue weighted by Gasteiger charge is -2.26. The van der Waals surface area contributed by atoms with Gasteiger partial charge in [0.05, 0.1) is 10.6 Å². The zero-order valence-corrected chi connectivity index (χ0v) is 18.0. The van der Waals surface area contributed by atoms with Crippen LogP contribution in [-0.4, -0.2) is 30.2 Å². The Morgan fingerprint density at radius 2 is 2.03 bits per heavy atom. The predicted molar refractivity (Wildman–Crippen MR) is 114 cm³/mol. The second kappa shape index (κ2) is 7.32. The van der Waals surface area contributed by atoms with Gasteiger partial charge in [-0.05, 0) is 60.9 Å². The molecular weight excluding hydrogens is 426 g/mol. The summed E-state index contributed by atoms with van der Waals surface area (Å²) in [6.07, 6.45) is 3.81. The second-order valence-electron chi connectivity index (χ2n) is 7.18. The van der Waals surface area contributed by atoms with Crippen LogP contribution in [-0.2, 0) is 35.8 Å². The summed E-state index contributed by atoms with van der Waals surface area (Å²) in [6, 6.07) is 8.23. The number of anilines is 1. The van der Waals surface area contributed by atoms with Gasteiger partial charge in [-0.15, -0.1) is 22.7 Å². The molecule has 0 fully saturated rings. The number of sulfonamides is 1. The highest BCUT2D eigenvalue weighted by atomic mass is 32.2. The molecule has 150 valence electrons. The molecular formula is C20H19N3O3S3. The number of carbonyl (C=O) groups is 1. The van der Waals surface area contributed by atoms with Gasteiger partial charge in [0.1, 0.15) is 0 Å². The third-order valence-corrected chi connectivity index (χ3v) is 9.26. The first-order chi connectivity index (χ1) is 14.0. The molecule has 0 radical (unpaired) electrons. The number of hydrogen-bond acceptors (Lipinski definition) is 6. The summed E-state index contributed by atoms with van der Waals surface area (Å²) in [4.78, 5) is 19.8. The normalized spacial score (nSPS) is 16.4. The van der Waals surface area contributed by atoms with E-state index in [-0.39, 0.29) is 10.8 Å². The molecule has 9 heteroatoms. The Balaban J connectivity index is 1.36. The first-order valence-corrected chi connectivity index (χ1v) is 12.6. The highest BCUT2D eigenvalue weighted by molar-refractivity contribution is 7.89. The van der Waals surface area contributed by atoms with E-state index >= 15 is 0 Å². The number of fused-ring (bicyclic) bond motifs is 2. The summed E-state index contributed by atoms with van der Waals surface area (Å²) in [5.41, 5.74) is 2.45. The molecule has 0 unspecified atom stereocenters. The number of nitrogens with zero attached hydrogens (tertiary/aromatic N) is 2. The van der Waals surface area contributed by atoms with Crippen molar-refractivity contribution >= 4 is 43.7 Å². The van der Waals surface area contributed by atoms with Gasteiger partial charge in [0.2, 0.25) is 10.0 Å². The van der Waals surface area contributed by atoms with Crippen LogP contribution in [0.25, 0.3) is 0 Å². The molecule has 1 aliphatic carbocycles. The van der Waals surface area contributed by atoms with E-state index in [1.165, 1.54) is 31.5 Å². The van der Waals surface area contributed by atoms with Gasteiger partial charge in [-0.3, -0.25) is 10.1 Å². The lowest BCUT2D eigenvalue weighted by molar-refractivity contribution is 0.102. The second-order valence-corrected chi connectivity index (χ2v) is 11.2. The number of aryl methyl sites for hydroxylation is 2. The van der Waals surface area contributed by atoms with Crippen LogP contribution in [0.15, 0.2) is 40.6 Å². The maximum atomic E-state index is 13.1. The van der Waals surface area contributed by atoms with Crippen LogP contribution in [0.2, 0.25) is 0 Å². The molecule has 1 N–H and O–H groups in total. The van der Waals surface area contributed by atoms with Crippen LogP contribution < -0.4 is 5.32 Å². The molecule has 0 spiro atoms. The minimum absolute atomic E-state index is 0.144. The van der Waals surface area contributed by atoms with Gasteiger partial charge in [0, 0.05) is 28.4 Å². The Kier molecular flexibility index (Phi) is 4.78. The predicted octanol–water partition coefficient (Wildman–Crippen LogP) is 3.69. The molecule has 6 nitrogen and oxygen atoms in total. The van der Waals surface area contributed by atoms with Crippen LogP contribution in [0, 0.1) is 0 Å². The number of rotatable bonds is 4. The van der Waals surface area contributed by atoms with Crippen LogP contribution in [0.3, 0.4) is 0 Å². The molecule has 1 aromatic carbocycles. The lowest BCUT2D eigenvalue weighted by Crippen LogP contribution is -2.35. The molecule has 2 aliphatic rings. The number of aromatic nitrogens is 1. The van der Waals surface area contributed by atoms with E-state index in [1.807, 2.05) is 11.4 Å². The van der Waals surface area contributed by atoms with Gasteiger partial charge < -0.3 is 0 Å². The molecule has 3 heterocycles. The van der Waals surface area contributed by atoms with Gasteiger partial charge in [-0.2, -0.15) is 4.31 Å². The average Bonchev–Trinajstić information content (AvgIpc) is 3.43. The van der Waals surface area contributed by atoms with Gasteiger partial charge in [0.15, 0.2) is 5.13 Å². The fraction of sp³-hybridized carbons (Fsp3) is 0.300. The molecule has 1 amide bonds. The Hall–Kier alpha value is -2.07. The van der Waals surface area contributed by atoms with E-state index in [0.29, 0.717) is 23.8 Å². The summed E-state index contributed by atoms with van der Waals surface area (Å²) >= 11 is 3.17. The van der Waals surface area contributed by atoms with Crippen LogP contribution >= 0.6 is 22.7 Å². The molecule has 2 aromatic heterocycles. The largest absolute Gasteiger partial charge is 0.298 e. The summed E-state index contributed by atoms with van der Waals surface area (Å²) in [7, 11) is -3.66. The van der Waals surface area contributed by atoms with Crippen molar-refractivity contribution in [3.05, 3.63) is 62.3 Å². The summed E-state index contributed by atoms with van der Waals surface area (Å²) < 4.78 is 27.8. The quantitative estimate of drug-likeness (QED) is 0.664. The van der Waals surface area contributed by atoms with Crippen molar-refractivity contribution < 1.29 is 13.2 Å². The van der Waals surface area contributed by atoms with E-state index in [1.54, 1.807) is 29.5 Å². The van der Waals surface area contributed by atoms with E-state index in [9.17, 15) is 13.2 Å². The number of benzene rings is 1. The number of amides is 1. The highest BCUT2D eigenvalue weighted by Gasteiger charge is 2.29. The number of thiophene rings is 1. The standard InChI is InChI=1S/C20H19N3O3S3/c24-19(22-20-21-16-5-2-6-18(16)28-20)13-3-1-4-15(11-13)29(25,26)23-9-7-17-14(12-23)8-10-27-17/h1,3-4,8,10-11H,2,5-7,9,12H2,(H,21,22,24). The minimum Gasteiger partial charge on any atom is -0.298 e. The molecule has 0 bridgehead atoms. The van der Waals surface area contributed by atoms with Crippen molar-refractivity contribution in [3.63, 3.8) is 0 Å². The summed E-state index contributed by atoms with van der Waals surface area (Å²) in [5, 5.41) is 5.39. The average molecular weight is 446 g/mol. The zero-order chi connectivity index (χ0) is 20.0. The molecule has 1 aliphatic heterocycles. The summed E-state index contributed by atoms with van der Waals surface area (Å²) in [6.45, 7) is 0.833. The minimum atomic E-state index is -3.66. The molecule has 3 aromatic rings. The Morgan fingerprint density at radius 3 is 2.90 bits per heavy atom. The smallest absolute Gasteiger partial charge is 0.257 e. The van der Waals surface area contributed by atoms with Crippen molar-refractivity contribution in [2.24, 2.45) is 0 Å². The van der Waals surface area contributed by atoms with Crippen molar-refractivity contribution in [2.45, 2.75) is 37.1 Å². The third kappa shape index (κ3) is 3.52. The third-order valence-electron chi connectivity index (χ3n) is 5.32. The van der Waals surface area contributed by atoms with Crippen molar-refractivity contribution in [2.75, 3.05) is 11.9 Å². The highest BCUT2D eigenvalue weighted by Crippen LogP contribution is 2.31. The first-order valence-electron chi connectivity index (χ1n) is 9.46. The molecule has 0 saturated carbocycles. The van der Waals surface area contributed by atoms with E-state index in [0.717, 1.165) is 36.9 Å². The molecule has 0 saturated heterocycles. The number of hydrogen-bond donors (Lipinski definition) is 1. The zero-order valence-electron chi connectivity index (χ0n) is 15.6. The van der Waals surface area contributed by atoms with Crippen LogP contribution in [0.5, 0.6) is 0 Å². The maximum absolute atomic E-state index is 13.1. The van der Waals surface area contributed by atoms with Crippen LogP contribution in [0.1, 0.15) is 37.8 Å². The van der Waals surface area contributed by atoms with Gasteiger partial charge in [0.25, 0.3) is 5.91 Å². The Bertz CT molecular complexity index is 1180. The number of nitrogens with one attached hydrogen (secondary N) is 1. The van der Waals surface area contributed by atoms with Crippen molar-refractivity contribution in [1.29, 1.82) is 0 Å². The fourth-order valence-electron chi connectivity index (χ4n) is 3.79.